The second-order valence-corrected chi connectivity index (χ2v) is 10.2. The third-order valence-electron chi connectivity index (χ3n) is 3.52. The fraction of sp³-hybridized carbons (Fsp3) is 0.571. The summed E-state index contributed by atoms with van der Waals surface area (Å²) in [5.41, 5.74) is 1.62. The van der Waals surface area contributed by atoms with E-state index in [2.05, 4.69) is 20.8 Å². The zero-order valence-corrected chi connectivity index (χ0v) is 12.8. The molecule has 2 rings (SSSR count). The van der Waals surface area contributed by atoms with Crippen molar-refractivity contribution in [2.45, 2.75) is 52.4 Å². The summed E-state index contributed by atoms with van der Waals surface area (Å²) in [4.78, 5) is 30.2. The van der Waals surface area contributed by atoms with E-state index in [4.69, 9.17) is 0 Å². The molecule has 0 radical (unpaired) electrons. The summed E-state index contributed by atoms with van der Waals surface area (Å²) in [5, 5.41) is 0.722. The molecule has 4 heteroatoms. The molecule has 0 fully saturated rings. The molecule has 0 saturated heterocycles. The normalized spacial score (nSPS) is 22.8. The quantitative estimate of drug-likeness (QED) is 0.630. The Morgan fingerprint density at radius 2 is 1.33 bits per heavy atom. The van der Waals surface area contributed by atoms with E-state index in [1.165, 1.54) is 0 Å². The summed E-state index contributed by atoms with van der Waals surface area (Å²) in [6.45, 7) is 12.4. The van der Waals surface area contributed by atoms with Gasteiger partial charge in [0.15, 0.2) is 0 Å². The minimum atomic E-state index is -4.63. The van der Waals surface area contributed by atoms with E-state index < -0.39 is 7.28 Å². The van der Waals surface area contributed by atoms with E-state index in [0.29, 0.717) is 10.6 Å². The summed E-state index contributed by atoms with van der Waals surface area (Å²) < 4.78 is 0. The van der Waals surface area contributed by atoms with Crippen molar-refractivity contribution in [1.82, 2.24) is 0 Å². The van der Waals surface area contributed by atoms with Gasteiger partial charge in [0.2, 0.25) is 0 Å². The van der Waals surface area contributed by atoms with Crippen LogP contribution in [0.4, 0.5) is 0 Å². The van der Waals surface area contributed by atoms with Crippen molar-refractivity contribution in [2.24, 2.45) is 0 Å². The first-order valence-corrected chi connectivity index (χ1v) is 8.30. The van der Waals surface area contributed by atoms with Crippen LogP contribution in [0.5, 0.6) is 0 Å². The summed E-state index contributed by atoms with van der Waals surface area (Å²) in [7, 11) is -4.63. The third kappa shape index (κ3) is 1.81. The molecule has 0 aliphatic carbocycles. The first-order valence-electron chi connectivity index (χ1n) is 6.21. The summed E-state index contributed by atoms with van der Waals surface area (Å²) >= 11 is 0. The van der Waals surface area contributed by atoms with E-state index >= 15 is 0 Å². The van der Waals surface area contributed by atoms with Crippen LogP contribution in [0.15, 0.2) is 12.1 Å². The summed E-state index contributed by atoms with van der Waals surface area (Å²) in [5.74, 6) is 0. The Labute approximate surface area is 109 Å². The van der Waals surface area contributed by atoms with E-state index in [1.54, 1.807) is 6.07 Å². The SMILES string of the molecule is CC(C)(C)c1ccc2c(c1C(C)(C)C)P2(O)(O)O. The Hall–Kier alpha value is -0.470. The number of rotatable bonds is 0. The van der Waals surface area contributed by atoms with Crippen LogP contribution >= 0.6 is 7.28 Å². The average Bonchev–Trinajstić information content (AvgIpc) is 2.58. The fourth-order valence-corrected chi connectivity index (χ4v) is 5.08. The van der Waals surface area contributed by atoms with Crippen molar-refractivity contribution < 1.29 is 14.7 Å². The van der Waals surface area contributed by atoms with E-state index in [-0.39, 0.29) is 10.8 Å². The molecule has 0 unspecified atom stereocenters. The predicted octanol–water partition coefficient (Wildman–Crippen LogP) is 1.82. The Balaban J connectivity index is 2.79. The Morgan fingerprint density at radius 1 is 0.833 bits per heavy atom. The molecule has 0 spiro atoms. The van der Waals surface area contributed by atoms with Gasteiger partial charge in [0.25, 0.3) is 0 Å². The van der Waals surface area contributed by atoms with Crippen LogP contribution in [-0.4, -0.2) is 14.7 Å². The molecule has 102 valence electrons. The van der Waals surface area contributed by atoms with Crippen molar-refractivity contribution in [3.63, 3.8) is 0 Å². The van der Waals surface area contributed by atoms with Crippen LogP contribution in [-0.2, 0) is 10.8 Å². The monoisotopic (exact) mass is 270 g/mol. The van der Waals surface area contributed by atoms with Crippen LogP contribution in [0.25, 0.3) is 0 Å². The topological polar surface area (TPSA) is 60.7 Å². The van der Waals surface area contributed by atoms with Crippen LogP contribution in [0.3, 0.4) is 0 Å². The van der Waals surface area contributed by atoms with Gasteiger partial charge in [-0.25, -0.2) is 0 Å². The van der Waals surface area contributed by atoms with Crippen molar-refractivity contribution in [3.05, 3.63) is 23.3 Å². The molecule has 0 bridgehead atoms. The first kappa shape index (κ1) is 14.0. The average molecular weight is 270 g/mol. The number of fused-ring (bicyclic) bond motifs is 1. The van der Waals surface area contributed by atoms with Crippen molar-refractivity contribution in [2.75, 3.05) is 0 Å². The van der Waals surface area contributed by atoms with Gasteiger partial charge in [-0.1, -0.05) is 0 Å². The standard InChI is InChI=1S/C14H23O3P/c1-13(2,3)9-7-8-10-12(18(10,15,16)17)11(9)14(4,5)6/h7-8,15-17H,1-6H3. The van der Waals surface area contributed by atoms with E-state index in [1.807, 2.05) is 26.8 Å². The van der Waals surface area contributed by atoms with Gasteiger partial charge in [0.05, 0.1) is 0 Å². The van der Waals surface area contributed by atoms with Gasteiger partial charge in [0.1, 0.15) is 0 Å². The molecule has 0 atom stereocenters. The molecule has 1 aromatic carbocycles. The van der Waals surface area contributed by atoms with E-state index in [9.17, 15) is 14.7 Å². The van der Waals surface area contributed by atoms with Gasteiger partial charge < -0.3 is 0 Å². The molecule has 1 aliphatic heterocycles. The van der Waals surface area contributed by atoms with Gasteiger partial charge in [-0.15, -0.1) is 0 Å². The Kier molecular flexibility index (Phi) is 2.45. The molecule has 0 aromatic heterocycles. The molecule has 3 N–H and O–H groups in total. The van der Waals surface area contributed by atoms with Gasteiger partial charge >= 0.3 is 108 Å². The van der Waals surface area contributed by atoms with Crippen molar-refractivity contribution >= 4 is 17.9 Å². The minimum absolute atomic E-state index is 0.0975. The van der Waals surface area contributed by atoms with Gasteiger partial charge in [-0.05, 0) is 0 Å². The molecule has 18 heavy (non-hydrogen) atoms. The first-order chi connectivity index (χ1) is 7.75. The summed E-state index contributed by atoms with van der Waals surface area (Å²) in [6, 6.07) is 3.57. The van der Waals surface area contributed by atoms with Crippen molar-refractivity contribution in [3.8, 4) is 0 Å². The second kappa shape index (κ2) is 3.16. The Morgan fingerprint density at radius 3 is 1.72 bits per heavy atom. The predicted molar refractivity (Wildman–Crippen MR) is 76.7 cm³/mol. The van der Waals surface area contributed by atoms with Crippen LogP contribution < -0.4 is 10.6 Å². The maximum absolute atomic E-state index is 10.1. The molecular weight excluding hydrogens is 247 g/mol. The third-order valence-corrected chi connectivity index (χ3v) is 5.84. The number of benzene rings is 1. The number of hydrogen-bond acceptors (Lipinski definition) is 3. The Bertz CT molecular complexity index is 521. The molecule has 0 amide bonds. The number of hydrogen-bond donors (Lipinski definition) is 3. The second-order valence-electron chi connectivity index (χ2n) is 7.34. The molecule has 3 nitrogen and oxygen atoms in total. The van der Waals surface area contributed by atoms with Crippen LogP contribution in [0.2, 0.25) is 0 Å². The fourth-order valence-electron chi connectivity index (χ4n) is 2.63. The summed E-state index contributed by atoms with van der Waals surface area (Å²) in [6.07, 6.45) is 0. The van der Waals surface area contributed by atoms with Gasteiger partial charge in [-0.3, -0.25) is 0 Å². The van der Waals surface area contributed by atoms with E-state index in [0.717, 1.165) is 11.1 Å². The zero-order chi connectivity index (χ0) is 14.2. The zero-order valence-electron chi connectivity index (χ0n) is 11.9. The van der Waals surface area contributed by atoms with Crippen molar-refractivity contribution in [1.29, 1.82) is 0 Å². The molecule has 0 saturated carbocycles. The molecule has 1 heterocycles. The maximum atomic E-state index is 10.1. The molecule has 1 aromatic rings. The van der Waals surface area contributed by atoms with Gasteiger partial charge in [-0.2, -0.15) is 0 Å². The van der Waals surface area contributed by atoms with Gasteiger partial charge in [0, 0.05) is 0 Å². The van der Waals surface area contributed by atoms with Crippen LogP contribution in [0.1, 0.15) is 52.7 Å². The van der Waals surface area contributed by atoms with Crippen LogP contribution in [0, 0.1) is 0 Å². The molecular formula is C14H23O3P. The molecule has 1 aliphatic rings.